The summed E-state index contributed by atoms with van der Waals surface area (Å²) in [5, 5.41) is 4.36. The van der Waals surface area contributed by atoms with Gasteiger partial charge in [0.15, 0.2) is 0 Å². The van der Waals surface area contributed by atoms with Crippen molar-refractivity contribution in [3.05, 3.63) is 29.8 Å². The van der Waals surface area contributed by atoms with E-state index in [1.807, 2.05) is 11.8 Å². The van der Waals surface area contributed by atoms with E-state index in [-0.39, 0.29) is 5.54 Å². The highest BCUT2D eigenvalue weighted by molar-refractivity contribution is 7.99. The van der Waals surface area contributed by atoms with Crippen LogP contribution in [0.3, 0.4) is 0 Å². The van der Waals surface area contributed by atoms with Crippen LogP contribution in [0.4, 0.5) is 0 Å². The second kappa shape index (κ2) is 7.56. The number of hydrogen-bond donors (Lipinski definition) is 0. The summed E-state index contributed by atoms with van der Waals surface area (Å²) >= 11 is 3.78. The number of thioether (sulfide) groups is 2. The minimum Gasteiger partial charge on any atom is -0.399 e. The number of nitrogens with zero attached hydrogens (tertiary/aromatic N) is 2. The van der Waals surface area contributed by atoms with E-state index in [0.29, 0.717) is 0 Å². The Labute approximate surface area is 136 Å². The first kappa shape index (κ1) is 16.7. The summed E-state index contributed by atoms with van der Waals surface area (Å²) < 4.78 is 0. The molecule has 0 radical (unpaired) electrons. The zero-order chi connectivity index (χ0) is 15.3. The molecular weight excluding hydrogens is 300 g/mol. The second-order valence-corrected chi connectivity index (χ2v) is 7.61. The lowest BCUT2D eigenvalue weighted by molar-refractivity contribution is 0.176. The SMILES string of the molecule is CON=C(c1ccc(SC)cc1)C(C)(C)N1CCSCC1. The predicted octanol–water partition coefficient (Wildman–Crippen LogP) is 3.59. The van der Waals surface area contributed by atoms with Crippen molar-refractivity contribution in [2.45, 2.75) is 24.3 Å². The Hall–Kier alpha value is -0.650. The van der Waals surface area contributed by atoms with Crippen LogP contribution in [-0.2, 0) is 4.84 Å². The summed E-state index contributed by atoms with van der Waals surface area (Å²) in [5.41, 5.74) is 2.01. The van der Waals surface area contributed by atoms with Crippen LogP contribution in [0, 0.1) is 0 Å². The van der Waals surface area contributed by atoms with Crippen molar-refractivity contribution in [3.63, 3.8) is 0 Å². The third-order valence-electron chi connectivity index (χ3n) is 3.93. The molecule has 2 rings (SSSR count). The first-order valence-corrected chi connectivity index (χ1v) is 9.56. The maximum absolute atomic E-state index is 5.14. The fraction of sp³-hybridized carbons (Fsp3) is 0.562. The molecule has 1 aromatic carbocycles. The molecule has 0 bridgehead atoms. The third kappa shape index (κ3) is 3.96. The maximum atomic E-state index is 5.14. The minimum absolute atomic E-state index is 0.127. The summed E-state index contributed by atoms with van der Waals surface area (Å²) in [6, 6.07) is 8.58. The lowest BCUT2D eigenvalue weighted by Gasteiger charge is -2.41. The lowest BCUT2D eigenvalue weighted by Crippen LogP contribution is -2.53. The molecule has 1 aromatic rings. The molecule has 21 heavy (non-hydrogen) atoms. The zero-order valence-corrected chi connectivity index (χ0v) is 14.9. The monoisotopic (exact) mass is 324 g/mol. The van der Waals surface area contributed by atoms with Gasteiger partial charge in [0, 0.05) is 35.1 Å². The first-order chi connectivity index (χ1) is 10.1. The molecule has 1 aliphatic heterocycles. The topological polar surface area (TPSA) is 24.8 Å². The fourth-order valence-electron chi connectivity index (χ4n) is 2.63. The molecule has 1 saturated heterocycles. The molecule has 0 amide bonds. The van der Waals surface area contributed by atoms with Gasteiger partial charge < -0.3 is 4.84 Å². The second-order valence-electron chi connectivity index (χ2n) is 5.51. The standard InChI is InChI=1S/C16H24N2OS2/c1-16(2,18-9-11-21-12-10-18)15(17-19-3)13-5-7-14(20-4)8-6-13/h5-8H,9-12H2,1-4H3. The van der Waals surface area contributed by atoms with E-state index < -0.39 is 0 Å². The molecule has 1 fully saturated rings. The first-order valence-electron chi connectivity index (χ1n) is 7.18. The molecule has 0 saturated carbocycles. The lowest BCUT2D eigenvalue weighted by atomic mass is 9.90. The van der Waals surface area contributed by atoms with Crippen LogP contribution >= 0.6 is 23.5 Å². The van der Waals surface area contributed by atoms with E-state index in [0.717, 1.165) is 24.4 Å². The van der Waals surface area contributed by atoms with Crippen molar-refractivity contribution in [2.24, 2.45) is 5.16 Å². The average molecular weight is 325 g/mol. The molecule has 0 unspecified atom stereocenters. The van der Waals surface area contributed by atoms with Crippen LogP contribution in [0.2, 0.25) is 0 Å². The molecule has 3 nitrogen and oxygen atoms in total. The Bertz CT molecular complexity index is 480. The minimum atomic E-state index is -0.127. The van der Waals surface area contributed by atoms with E-state index in [9.17, 15) is 0 Å². The Morgan fingerprint density at radius 3 is 2.38 bits per heavy atom. The maximum Gasteiger partial charge on any atom is 0.107 e. The summed E-state index contributed by atoms with van der Waals surface area (Å²) in [5.74, 6) is 2.38. The number of oxime groups is 1. The summed E-state index contributed by atoms with van der Waals surface area (Å²) in [6.45, 7) is 6.68. The van der Waals surface area contributed by atoms with Crippen molar-refractivity contribution in [3.8, 4) is 0 Å². The highest BCUT2D eigenvalue weighted by Gasteiger charge is 2.34. The highest BCUT2D eigenvalue weighted by atomic mass is 32.2. The predicted molar refractivity (Wildman–Crippen MR) is 94.7 cm³/mol. The van der Waals surface area contributed by atoms with Gasteiger partial charge in [-0.3, -0.25) is 4.90 Å². The quantitative estimate of drug-likeness (QED) is 0.469. The van der Waals surface area contributed by atoms with Crippen molar-refractivity contribution >= 4 is 29.2 Å². The van der Waals surface area contributed by atoms with E-state index >= 15 is 0 Å². The van der Waals surface area contributed by atoms with Crippen molar-refractivity contribution in [2.75, 3.05) is 38.0 Å². The van der Waals surface area contributed by atoms with Gasteiger partial charge in [-0.2, -0.15) is 11.8 Å². The Kier molecular flexibility index (Phi) is 6.02. The number of hydrogen-bond acceptors (Lipinski definition) is 5. The van der Waals surface area contributed by atoms with Crippen molar-refractivity contribution in [1.82, 2.24) is 4.90 Å². The molecule has 1 heterocycles. The van der Waals surface area contributed by atoms with Gasteiger partial charge in [-0.1, -0.05) is 17.3 Å². The van der Waals surface area contributed by atoms with E-state index in [2.05, 4.69) is 54.4 Å². The summed E-state index contributed by atoms with van der Waals surface area (Å²) in [7, 11) is 1.62. The smallest absolute Gasteiger partial charge is 0.107 e. The molecule has 0 N–H and O–H groups in total. The molecular formula is C16H24N2OS2. The highest BCUT2D eigenvalue weighted by Crippen LogP contribution is 2.26. The zero-order valence-electron chi connectivity index (χ0n) is 13.3. The fourth-order valence-corrected chi connectivity index (χ4v) is 3.94. The Morgan fingerprint density at radius 1 is 1.24 bits per heavy atom. The molecule has 1 aliphatic rings. The van der Waals surface area contributed by atoms with E-state index in [4.69, 9.17) is 4.84 Å². The third-order valence-corrected chi connectivity index (χ3v) is 5.61. The van der Waals surface area contributed by atoms with Gasteiger partial charge in [0.05, 0.1) is 5.54 Å². The van der Waals surface area contributed by atoms with Crippen LogP contribution in [0.25, 0.3) is 0 Å². The van der Waals surface area contributed by atoms with Gasteiger partial charge in [-0.05, 0) is 32.2 Å². The van der Waals surface area contributed by atoms with Gasteiger partial charge in [-0.15, -0.1) is 11.8 Å². The van der Waals surface area contributed by atoms with Crippen LogP contribution < -0.4 is 0 Å². The molecule has 116 valence electrons. The van der Waals surface area contributed by atoms with Crippen LogP contribution in [-0.4, -0.2) is 54.1 Å². The average Bonchev–Trinajstić information content (AvgIpc) is 2.53. The van der Waals surface area contributed by atoms with Gasteiger partial charge in [0.2, 0.25) is 0 Å². The van der Waals surface area contributed by atoms with Gasteiger partial charge >= 0.3 is 0 Å². The largest absolute Gasteiger partial charge is 0.399 e. The van der Waals surface area contributed by atoms with Gasteiger partial charge in [0.1, 0.15) is 12.8 Å². The van der Waals surface area contributed by atoms with Crippen molar-refractivity contribution in [1.29, 1.82) is 0 Å². The summed E-state index contributed by atoms with van der Waals surface area (Å²) in [4.78, 5) is 8.91. The van der Waals surface area contributed by atoms with Crippen LogP contribution in [0.15, 0.2) is 34.3 Å². The van der Waals surface area contributed by atoms with Crippen molar-refractivity contribution < 1.29 is 4.84 Å². The number of benzene rings is 1. The van der Waals surface area contributed by atoms with Gasteiger partial charge in [-0.25, -0.2) is 0 Å². The molecule has 0 aromatic heterocycles. The number of rotatable bonds is 5. The van der Waals surface area contributed by atoms with Gasteiger partial charge in [0.25, 0.3) is 0 Å². The van der Waals surface area contributed by atoms with Crippen LogP contribution in [0.1, 0.15) is 19.4 Å². The normalized spacial score (nSPS) is 17.8. The molecule has 0 aliphatic carbocycles. The summed E-state index contributed by atoms with van der Waals surface area (Å²) in [6.07, 6.45) is 2.09. The molecule has 0 atom stereocenters. The van der Waals surface area contributed by atoms with Crippen LogP contribution in [0.5, 0.6) is 0 Å². The van der Waals surface area contributed by atoms with E-state index in [1.54, 1.807) is 18.9 Å². The molecule has 0 spiro atoms. The Morgan fingerprint density at radius 2 is 1.86 bits per heavy atom. The Balaban J connectivity index is 2.30. The van der Waals surface area contributed by atoms with E-state index in [1.165, 1.54) is 16.4 Å². The molecule has 5 heteroatoms.